The van der Waals surface area contributed by atoms with Crippen LogP contribution in [0.25, 0.3) is 0 Å². The van der Waals surface area contributed by atoms with Crippen LogP contribution in [0.3, 0.4) is 0 Å². The lowest BCUT2D eigenvalue weighted by Crippen LogP contribution is -2.52. The topological polar surface area (TPSA) is 46.6 Å². The second kappa shape index (κ2) is 5.08. The van der Waals surface area contributed by atoms with Crippen LogP contribution >= 0.6 is 15.9 Å². The van der Waals surface area contributed by atoms with E-state index in [1.54, 1.807) is 0 Å². The van der Waals surface area contributed by atoms with E-state index >= 15 is 0 Å². The number of carbonyl (C=O) groups is 2. The largest absolute Gasteiger partial charge is 0.486 e. The first-order valence-corrected chi connectivity index (χ1v) is 8.66. The van der Waals surface area contributed by atoms with Crippen LogP contribution in [-0.2, 0) is 4.79 Å². The Morgan fingerprint density at radius 1 is 1.27 bits per heavy atom. The number of rotatable bonds is 1. The van der Waals surface area contributed by atoms with Crippen molar-refractivity contribution in [3.63, 3.8) is 0 Å². The monoisotopic (exact) mass is 363 g/mol. The Hall–Kier alpha value is -1.36. The van der Waals surface area contributed by atoms with Crippen molar-refractivity contribution >= 4 is 27.6 Å². The fourth-order valence-electron chi connectivity index (χ4n) is 3.47. The summed E-state index contributed by atoms with van der Waals surface area (Å²) in [6.45, 7) is 1.41. The number of hydrogen-bond acceptors (Lipinski definition) is 3. The molecular weight excluding hydrogens is 346 g/mol. The standard InChI is InChI=1S/C17H18BrNO3/c18-12-3-4-15-13(9-12)14(20)10-17(22-15)5-7-19(8-6-17)16(21)11-1-2-11/h3-4,9,11H,1-2,5-8,10H2. The van der Waals surface area contributed by atoms with Crippen LogP contribution in [0.5, 0.6) is 5.75 Å². The third kappa shape index (κ3) is 2.45. The lowest BCUT2D eigenvalue weighted by molar-refractivity contribution is -0.136. The molecule has 0 aromatic heterocycles. The minimum atomic E-state index is -0.418. The maximum Gasteiger partial charge on any atom is 0.225 e. The Kier molecular flexibility index (Phi) is 3.29. The van der Waals surface area contributed by atoms with Gasteiger partial charge in [-0.15, -0.1) is 0 Å². The second-order valence-electron chi connectivity index (χ2n) is 6.63. The van der Waals surface area contributed by atoms with Crippen molar-refractivity contribution in [2.24, 2.45) is 5.92 Å². The van der Waals surface area contributed by atoms with Gasteiger partial charge in [0.2, 0.25) is 5.91 Å². The minimum absolute atomic E-state index is 0.143. The molecule has 4 nitrogen and oxygen atoms in total. The number of Topliss-reactive ketones (excluding diaryl/α,β-unsaturated/α-hetero) is 1. The lowest BCUT2D eigenvalue weighted by atomic mass is 9.82. The van der Waals surface area contributed by atoms with Gasteiger partial charge in [0.1, 0.15) is 11.4 Å². The van der Waals surface area contributed by atoms with Crippen molar-refractivity contribution in [1.29, 1.82) is 0 Å². The molecule has 1 aromatic carbocycles. The summed E-state index contributed by atoms with van der Waals surface area (Å²) in [4.78, 5) is 26.6. The molecule has 1 saturated carbocycles. The Labute approximate surface area is 137 Å². The van der Waals surface area contributed by atoms with E-state index in [4.69, 9.17) is 4.74 Å². The molecule has 22 heavy (non-hydrogen) atoms. The molecule has 1 saturated heterocycles. The molecule has 2 fully saturated rings. The number of nitrogens with zero attached hydrogens (tertiary/aromatic N) is 1. The Bertz CT molecular complexity index is 645. The molecule has 4 rings (SSSR count). The summed E-state index contributed by atoms with van der Waals surface area (Å²) in [7, 11) is 0. The molecule has 1 spiro atoms. The third-order valence-electron chi connectivity index (χ3n) is 4.96. The van der Waals surface area contributed by atoms with E-state index in [2.05, 4.69) is 15.9 Å². The van der Waals surface area contributed by atoms with E-state index < -0.39 is 5.60 Å². The van der Waals surface area contributed by atoms with Crippen molar-refractivity contribution in [2.75, 3.05) is 13.1 Å². The van der Waals surface area contributed by atoms with Gasteiger partial charge in [-0.25, -0.2) is 0 Å². The molecule has 2 heterocycles. The number of likely N-dealkylation sites (tertiary alicyclic amines) is 1. The van der Waals surface area contributed by atoms with Gasteiger partial charge in [0.15, 0.2) is 5.78 Å². The number of hydrogen-bond donors (Lipinski definition) is 0. The predicted molar refractivity (Wildman–Crippen MR) is 85.0 cm³/mol. The second-order valence-corrected chi connectivity index (χ2v) is 7.54. The quantitative estimate of drug-likeness (QED) is 0.769. The highest BCUT2D eigenvalue weighted by Crippen LogP contribution is 2.41. The molecule has 0 bridgehead atoms. The van der Waals surface area contributed by atoms with Crippen molar-refractivity contribution < 1.29 is 14.3 Å². The van der Waals surface area contributed by atoms with Gasteiger partial charge in [-0.3, -0.25) is 9.59 Å². The highest BCUT2D eigenvalue weighted by molar-refractivity contribution is 9.10. The van der Waals surface area contributed by atoms with E-state index in [0.29, 0.717) is 36.7 Å². The van der Waals surface area contributed by atoms with Gasteiger partial charge in [-0.1, -0.05) is 15.9 Å². The van der Waals surface area contributed by atoms with Crippen LogP contribution in [0.4, 0.5) is 0 Å². The number of amides is 1. The van der Waals surface area contributed by atoms with Crippen LogP contribution in [-0.4, -0.2) is 35.3 Å². The number of ketones is 1. The van der Waals surface area contributed by atoms with Crippen molar-refractivity contribution in [3.8, 4) is 5.75 Å². The van der Waals surface area contributed by atoms with Crippen LogP contribution in [0, 0.1) is 5.92 Å². The fourth-order valence-corrected chi connectivity index (χ4v) is 3.83. The van der Waals surface area contributed by atoms with Crippen LogP contribution in [0.15, 0.2) is 22.7 Å². The Balaban J connectivity index is 1.51. The summed E-state index contributed by atoms with van der Waals surface area (Å²) in [6, 6.07) is 5.59. The Morgan fingerprint density at radius 3 is 2.68 bits per heavy atom. The molecule has 5 heteroatoms. The summed E-state index contributed by atoms with van der Waals surface area (Å²) in [6.07, 6.45) is 3.98. The van der Waals surface area contributed by atoms with Crippen LogP contribution < -0.4 is 4.74 Å². The summed E-state index contributed by atoms with van der Waals surface area (Å²) in [5.74, 6) is 1.38. The van der Waals surface area contributed by atoms with Gasteiger partial charge in [-0.05, 0) is 31.0 Å². The lowest BCUT2D eigenvalue weighted by Gasteiger charge is -2.44. The average molecular weight is 364 g/mol. The van der Waals surface area contributed by atoms with Crippen molar-refractivity contribution in [3.05, 3.63) is 28.2 Å². The zero-order chi connectivity index (χ0) is 15.3. The van der Waals surface area contributed by atoms with E-state index in [1.165, 1.54) is 0 Å². The summed E-state index contributed by atoms with van der Waals surface area (Å²) in [5.41, 5.74) is 0.245. The normalized spacial score (nSPS) is 23.1. The smallest absolute Gasteiger partial charge is 0.225 e. The third-order valence-corrected chi connectivity index (χ3v) is 5.46. The van der Waals surface area contributed by atoms with E-state index in [-0.39, 0.29) is 11.7 Å². The van der Waals surface area contributed by atoms with Crippen molar-refractivity contribution in [1.82, 2.24) is 4.90 Å². The molecule has 3 aliphatic rings. The number of ether oxygens (including phenoxy) is 1. The molecule has 0 N–H and O–H groups in total. The molecular formula is C17H18BrNO3. The average Bonchev–Trinajstić information content (AvgIpc) is 3.33. The molecule has 1 aromatic rings. The molecule has 0 atom stereocenters. The molecule has 2 aliphatic heterocycles. The minimum Gasteiger partial charge on any atom is -0.486 e. The van der Waals surface area contributed by atoms with Gasteiger partial charge in [0, 0.05) is 36.3 Å². The molecule has 1 amide bonds. The number of fused-ring (bicyclic) bond motifs is 1. The maximum atomic E-state index is 12.5. The predicted octanol–water partition coefficient (Wildman–Crippen LogP) is 3.19. The molecule has 1 aliphatic carbocycles. The molecule has 0 unspecified atom stereocenters. The van der Waals surface area contributed by atoms with Gasteiger partial charge in [0.25, 0.3) is 0 Å². The first-order valence-electron chi connectivity index (χ1n) is 7.87. The summed E-state index contributed by atoms with van der Waals surface area (Å²) in [5, 5.41) is 0. The van der Waals surface area contributed by atoms with Gasteiger partial charge >= 0.3 is 0 Å². The van der Waals surface area contributed by atoms with Gasteiger partial charge < -0.3 is 9.64 Å². The highest BCUT2D eigenvalue weighted by atomic mass is 79.9. The zero-order valence-electron chi connectivity index (χ0n) is 12.3. The maximum absolute atomic E-state index is 12.5. The van der Waals surface area contributed by atoms with Crippen LogP contribution in [0.2, 0.25) is 0 Å². The first-order chi connectivity index (χ1) is 10.6. The van der Waals surface area contributed by atoms with Crippen molar-refractivity contribution in [2.45, 2.75) is 37.7 Å². The van der Waals surface area contributed by atoms with Gasteiger partial charge in [0.05, 0.1) is 12.0 Å². The number of piperidine rings is 1. The SMILES string of the molecule is O=C1CC2(CCN(C(=O)C3CC3)CC2)Oc2ccc(Br)cc21. The summed E-state index contributed by atoms with van der Waals surface area (Å²) < 4.78 is 7.10. The first kappa shape index (κ1) is 14.2. The van der Waals surface area contributed by atoms with E-state index in [1.807, 2.05) is 23.1 Å². The van der Waals surface area contributed by atoms with E-state index in [9.17, 15) is 9.59 Å². The molecule has 0 radical (unpaired) electrons. The zero-order valence-corrected chi connectivity index (χ0v) is 13.9. The number of carbonyl (C=O) groups excluding carboxylic acids is 2. The highest BCUT2D eigenvalue weighted by Gasteiger charge is 2.45. The van der Waals surface area contributed by atoms with E-state index in [0.717, 1.165) is 30.2 Å². The summed E-state index contributed by atoms with van der Waals surface area (Å²) >= 11 is 3.40. The van der Waals surface area contributed by atoms with Crippen LogP contribution in [0.1, 0.15) is 42.5 Å². The Morgan fingerprint density at radius 2 is 2.00 bits per heavy atom. The number of halogens is 1. The molecule has 116 valence electrons. The fraction of sp³-hybridized carbons (Fsp3) is 0.529. The number of benzene rings is 1. The van der Waals surface area contributed by atoms with Gasteiger partial charge in [-0.2, -0.15) is 0 Å².